The van der Waals surface area contributed by atoms with Crippen LogP contribution in [0.2, 0.25) is 0 Å². The fourth-order valence-corrected chi connectivity index (χ4v) is 2.73. The molecule has 12 heavy (non-hydrogen) atoms. The number of hydrogen-bond donors (Lipinski definition) is 2. The van der Waals surface area contributed by atoms with E-state index in [0.29, 0.717) is 19.3 Å². The first-order valence-electron chi connectivity index (χ1n) is 3.93. The number of hydrogen-bond acceptors (Lipinski definition) is 2. The van der Waals surface area contributed by atoms with Gasteiger partial charge >= 0.3 is 11.9 Å². The molecule has 0 aromatic heterocycles. The quantitative estimate of drug-likeness (QED) is 0.654. The highest BCUT2D eigenvalue weighted by molar-refractivity contribution is 5.81. The van der Waals surface area contributed by atoms with Gasteiger partial charge in [0.1, 0.15) is 0 Å². The Morgan fingerprint density at radius 1 is 1.17 bits per heavy atom. The van der Waals surface area contributed by atoms with Gasteiger partial charge in [0.15, 0.2) is 0 Å². The Balaban J connectivity index is 1.95. The molecule has 0 spiro atoms. The fourth-order valence-electron chi connectivity index (χ4n) is 2.73. The zero-order chi connectivity index (χ0) is 8.98. The van der Waals surface area contributed by atoms with Crippen LogP contribution in [0.1, 0.15) is 25.7 Å². The maximum absolute atomic E-state index is 10.6. The third kappa shape index (κ3) is 0.722. The number of rotatable bonds is 3. The average molecular weight is 170 g/mol. The Bertz CT molecular complexity index is 248. The molecule has 0 aliphatic heterocycles. The van der Waals surface area contributed by atoms with Crippen LogP contribution in [-0.4, -0.2) is 22.2 Å². The van der Waals surface area contributed by atoms with E-state index in [0.717, 1.165) is 0 Å². The molecule has 0 atom stereocenters. The Morgan fingerprint density at radius 2 is 1.67 bits per heavy atom. The molecule has 0 saturated heterocycles. The Hall–Kier alpha value is -1.06. The summed E-state index contributed by atoms with van der Waals surface area (Å²) in [6.45, 7) is 0. The number of carboxylic acids is 2. The molecule has 3 aliphatic rings. The van der Waals surface area contributed by atoms with E-state index in [-0.39, 0.29) is 11.8 Å². The smallest absolute Gasteiger partial charge is 0.309 e. The minimum atomic E-state index is -0.811. The van der Waals surface area contributed by atoms with Crippen molar-refractivity contribution in [2.75, 3.05) is 0 Å². The van der Waals surface area contributed by atoms with Crippen molar-refractivity contribution in [2.45, 2.75) is 25.7 Å². The van der Waals surface area contributed by atoms with Crippen molar-refractivity contribution >= 4 is 11.9 Å². The van der Waals surface area contributed by atoms with E-state index in [4.69, 9.17) is 10.2 Å². The van der Waals surface area contributed by atoms with Crippen molar-refractivity contribution < 1.29 is 19.8 Å². The second-order valence-electron chi connectivity index (χ2n) is 4.19. The summed E-state index contributed by atoms with van der Waals surface area (Å²) < 4.78 is 0. The minimum absolute atomic E-state index is 0.141. The van der Waals surface area contributed by atoms with E-state index in [2.05, 4.69) is 0 Å². The second-order valence-corrected chi connectivity index (χ2v) is 4.19. The lowest BCUT2D eigenvalue weighted by molar-refractivity contribution is -0.226. The van der Waals surface area contributed by atoms with Crippen LogP contribution in [0.5, 0.6) is 0 Å². The zero-order valence-electron chi connectivity index (χ0n) is 6.54. The second kappa shape index (κ2) is 1.81. The maximum atomic E-state index is 10.6. The van der Waals surface area contributed by atoms with Gasteiger partial charge in [-0.25, -0.2) is 0 Å². The molecule has 3 aliphatic carbocycles. The molecule has 0 heterocycles. The summed E-state index contributed by atoms with van der Waals surface area (Å²) >= 11 is 0. The predicted octanol–water partition coefficient (Wildman–Crippen LogP) is 0.716. The van der Waals surface area contributed by atoms with Gasteiger partial charge < -0.3 is 10.2 Å². The highest BCUT2D eigenvalue weighted by Crippen LogP contribution is 2.74. The fraction of sp³-hybridized carbons (Fsp3) is 0.750. The lowest BCUT2D eigenvalue weighted by Crippen LogP contribution is -2.65. The molecule has 0 unspecified atom stereocenters. The lowest BCUT2D eigenvalue weighted by Gasteiger charge is -2.67. The molecule has 0 radical (unpaired) electrons. The van der Waals surface area contributed by atoms with Gasteiger partial charge in [-0.1, -0.05) is 0 Å². The van der Waals surface area contributed by atoms with Crippen LogP contribution < -0.4 is 0 Å². The minimum Gasteiger partial charge on any atom is -0.481 e. The van der Waals surface area contributed by atoms with E-state index in [1.165, 1.54) is 0 Å². The van der Waals surface area contributed by atoms with E-state index < -0.39 is 17.4 Å². The topological polar surface area (TPSA) is 74.6 Å². The van der Waals surface area contributed by atoms with Crippen LogP contribution >= 0.6 is 0 Å². The summed E-state index contributed by atoms with van der Waals surface area (Å²) in [6.07, 6.45) is 1.85. The molecule has 3 rings (SSSR count). The molecular weight excluding hydrogens is 160 g/mol. The van der Waals surface area contributed by atoms with E-state index in [1.807, 2.05) is 0 Å². The Morgan fingerprint density at radius 3 is 2.00 bits per heavy atom. The molecule has 0 aromatic rings. The summed E-state index contributed by atoms with van der Waals surface area (Å²) in [4.78, 5) is 21.0. The zero-order valence-corrected chi connectivity index (χ0v) is 6.54. The molecule has 0 aromatic carbocycles. The standard InChI is InChI=1S/C8H10O4/c9-5(10)1-7-2-8(3-7,4-7)6(11)12/h1-4H2,(H,9,10)(H,11,12). The number of carboxylic acid groups (broad SMARTS) is 2. The Labute approximate surface area is 69.2 Å². The van der Waals surface area contributed by atoms with Crippen molar-refractivity contribution in [1.29, 1.82) is 0 Å². The van der Waals surface area contributed by atoms with Crippen LogP contribution in [0.4, 0.5) is 0 Å². The lowest BCUT2D eigenvalue weighted by atomic mass is 9.34. The van der Waals surface area contributed by atoms with Crippen molar-refractivity contribution in [1.82, 2.24) is 0 Å². The molecule has 0 amide bonds. The van der Waals surface area contributed by atoms with Crippen LogP contribution in [-0.2, 0) is 9.59 Å². The molecule has 4 heteroatoms. The highest BCUT2D eigenvalue weighted by atomic mass is 16.4. The van der Waals surface area contributed by atoms with E-state index in [9.17, 15) is 9.59 Å². The molecule has 2 bridgehead atoms. The normalized spacial score (nSPS) is 42.7. The van der Waals surface area contributed by atoms with Crippen molar-refractivity contribution in [3.8, 4) is 0 Å². The molecule has 66 valence electrons. The first-order chi connectivity index (χ1) is 5.48. The number of aliphatic carboxylic acids is 2. The van der Waals surface area contributed by atoms with Gasteiger partial charge in [-0.05, 0) is 24.7 Å². The molecule has 2 N–H and O–H groups in total. The predicted molar refractivity (Wildman–Crippen MR) is 38.6 cm³/mol. The van der Waals surface area contributed by atoms with E-state index >= 15 is 0 Å². The summed E-state index contributed by atoms with van der Waals surface area (Å²) in [5, 5.41) is 17.2. The van der Waals surface area contributed by atoms with Crippen LogP contribution in [0.15, 0.2) is 0 Å². The molecule has 4 nitrogen and oxygen atoms in total. The average Bonchev–Trinajstić information content (AvgIpc) is 1.72. The van der Waals surface area contributed by atoms with Gasteiger partial charge in [-0.2, -0.15) is 0 Å². The third-order valence-corrected chi connectivity index (χ3v) is 3.12. The van der Waals surface area contributed by atoms with Crippen LogP contribution in [0.25, 0.3) is 0 Å². The largest absolute Gasteiger partial charge is 0.481 e. The first-order valence-corrected chi connectivity index (χ1v) is 3.93. The molecule has 3 fully saturated rings. The van der Waals surface area contributed by atoms with Gasteiger partial charge in [0.2, 0.25) is 0 Å². The van der Waals surface area contributed by atoms with Crippen LogP contribution in [0, 0.1) is 10.8 Å². The third-order valence-electron chi connectivity index (χ3n) is 3.12. The van der Waals surface area contributed by atoms with Gasteiger partial charge in [-0.3, -0.25) is 9.59 Å². The van der Waals surface area contributed by atoms with Gasteiger partial charge in [0, 0.05) is 0 Å². The van der Waals surface area contributed by atoms with E-state index in [1.54, 1.807) is 0 Å². The summed E-state index contributed by atoms with van der Waals surface area (Å²) in [5.74, 6) is -1.57. The van der Waals surface area contributed by atoms with Crippen molar-refractivity contribution in [3.63, 3.8) is 0 Å². The van der Waals surface area contributed by atoms with Gasteiger partial charge in [0.25, 0.3) is 0 Å². The number of carbonyl (C=O) groups is 2. The van der Waals surface area contributed by atoms with Crippen molar-refractivity contribution in [2.24, 2.45) is 10.8 Å². The monoisotopic (exact) mass is 170 g/mol. The van der Waals surface area contributed by atoms with Gasteiger partial charge in [0.05, 0.1) is 11.8 Å². The van der Waals surface area contributed by atoms with Crippen molar-refractivity contribution in [3.05, 3.63) is 0 Å². The molecular formula is C8H10O4. The maximum Gasteiger partial charge on any atom is 0.309 e. The summed E-state index contributed by atoms with van der Waals surface area (Å²) in [5.41, 5.74) is -0.681. The molecule has 3 saturated carbocycles. The summed E-state index contributed by atoms with van der Waals surface area (Å²) in [7, 11) is 0. The SMILES string of the molecule is O=C(O)CC12CC(C(=O)O)(C1)C2. The van der Waals surface area contributed by atoms with Gasteiger partial charge in [-0.15, -0.1) is 0 Å². The van der Waals surface area contributed by atoms with Crippen LogP contribution in [0.3, 0.4) is 0 Å². The Kier molecular flexibility index (Phi) is 1.14. The summed E-state index contributed by atoms with van der Waals surface area (Å²) in [6, 6.07) is 0. The highest BCUT2D eigenvalue weighted by Gasteiger charge is 2.72. The first kappa shape index (κ1) is 7.58.